The van der Waals surface area contributed by atoms with Crippen LogP contribution in [0, 0.1) is 18.3 Å². The molecule has 1 N–H and O–H groups in total. The number of hydrogen-bond donors (Lipinski definition) is 1. The molecule has 0 unspecified atom stereocenters. The first-order chi connectivity index (χ1) is 12.1. The summed E-state index contributed by atoms with van der Waals surface area (Å²) in [6.07, 6.45) is 2.31. The molecule has 1 saturated heterocycles. The van der Waals surface area contributed by atoms with Crippen molar-refractivity contribution in [2.75, 3.05) is 13.1 Å². The first-order valence-electron chi connectivity index (χ1n) is 8.82. The highest BCUT2D eigenvalue weighted by Crippen LogP contribution is 2.18. The van der Waals surface area contributed by atoms with E-state index in [1.165, 1.54) is 16.8 Å². The normalized spacial score (nSPS) is 16.1. The number of piperidine rings is 1. The molecule has 132 valence electrons. The van der Waals surface area contributed by atoms with Crippen LogP contribution >= 0.6 is 11.6 Å². The van der Waals surface area contributed by atoms with Gasteiger partial charge in [-0.25, -0.2) is 0 Å². The summed E-state index contributed by atoms with van der Waals surface area (Å²) in [6, 6.07) is 12.9. The van der Waals surface area contributed by atoms with Gasteiger partial charge in [-0.15, -0.1) is 0 Å². The Balaban J connectivity index is 1.46. The number of nitrogens with zero attached hydrogens (tertiary/aromatic N) is 3. The van der Waals surface area contributed by atoms with Gasteiger partial charge in [0.15, 0.2) is 0 Å². The van der Waals surface area contributed by atoms with Gasteiger partial charge in [-0.3, -0.25) is 4.90 Å². The number of halogens is 1. The van der Waals surface area contributed by atoms with Crippen molar-refractivity contribution in [1.29, 1.82) is 5.26 Å². The molecule has 25 heavy (non-hydrogen) atoms. The lowest BCUT2D eigenvalue weighted by Gasteiger charge is -2.32. The largest absolute Gasteiger partial charge is 0.340 e. The van der Waals surface area contributed by atoms with Gasteiger partial charge in [0.1, 0.15) is 11.8 Å². The summed E-state index contributed by atoms with van der Waals surface area (Å²) >= 11 is 5.95. The minimum Gasteiger partial charge on any atom is -0.340 e. The lowest BCUT2D eigenvalue weighted by Crippen LogP contribution is -2.41. The molecule has 4 nitrogen and oxygen atoms in total. The second kappa shape index (κ2) is 8.05. The van der Waals surface area contributed by atoms with Crippen molar-refractivity contribution in [3.05, 3.63) is 57.9 Å². The second-order valence-corrected chi connectivity index (χ2v) is 7.31. The predicted octanol–water partition coefficient (Wildman–Crippen LogP) is 3.61. The molecule has 2 aromatic rings. The number of nitriles is 1. The Kier molecular flexibility index (Phi) is 5.80. The third-order valence-electron chi connectivity index (χ3n) is 5.24. The van der Waals surface area contributed by atoms with E-state index in [-0.39, 0.29) is 0 Å². The molecule has 0 radical (unpaired) electrons. The standard InChI is InChI=1S/C20H25ClN4/c1-15-17(11-20(12-22)24(15)2)13-23-19-7-9-25(10-8-19)14-16-3-5-18(21)6-4-16/h3-6,11,19,23H,7-10,13-14H2,1-2H3. The van der Waals surface area contributed by atoms with Gasteiger partial charge in [-0.1, -0.05) is 23.7 Å². The number of nitrogens with one attached hydrogen (secondary N) is 1. The summed E-state index contributed by atoms with van der Waals surface area (Å²) in [7, 11) is 1.95. The van der Waals surface area contributed by atoms with Gasteiger partial charge in [0.25, 0.3) is 0 Å². The SMILES string of the molecule is Cc1c(CNC2CCN(Cc3ccc(Cl)cc3)CC2)cc(C#N)n1C. The molecule has 0 bridgehead atoms. The van der Waals surface area contributed by atoms with Gasteiger partial charge in [-0.2, -0.15) is 5.26 Å². The molecule has 0 atom stereocenters. The highest BCUT2D eigenvalue weighted by molar-refractivity contribution is 6.30. The van der Waals surface area contributed by atoms with Crippen LogP contribution in [0.1, 0.15) is 35.4 Å². The fourth-order valence-corrected chi connectivity index (χ4v) is 3.57. The Bertz CT molecular complexity index is 749. The number of rotatable bonds is 5. The molecule has 1 aromatic heterocycles. The molecule has 0 saturated carbocycles. The van der Waals surface area contributed by atoms with E-state index >= 15 is 0 Å². The maximum absolute atomic E-state index is 9.13. The second-order valence-electron chi connectivity index (χ2n) is 6.87. The quantitative estimate of drug-likeness (QED) is 0.890. The maximum Gasteiger partial charge on any atom is 0.120 e. The van der Waals surface area contributed by atoms with Crippen LogP contribution in [0.15, 0.2) is 30.3 Å². The van der Waals surface area contributed by atoms with E-state index in [2.05, 4.69) is 35.3 Å². The molecule has 3 rings (SSSR count). The maximum atomic E-state index is 9.13. The van der Waals surface area contributed by atoms with E-state index in [1.807, 2.05) is 29.8 Å². The number of hydrogen-bond acceptors (Lipinski definition) is 3. The summed E-state index contributed by atoms with van der Waals surface area (Å²) in [4.78, 5) is 2.50. The van der Waals surface area contributed by atoms with Crippen molar-refractivity contribution in [2.24, 2.45) is 7.05 Å². The Morgan fingerprint density at radius 1 is 1.24 bits per heavy atom. The minimum atomic E-state index is 0.548. The molecule has 1 aliphatic heterocycles. The zero-order valence-electron chi connectivity index (χ0n) is 14.9. The molecule has 1 fully saturated rings. The molecule has 2 heterocycles. The van der Waals surface area contributed by atoms with E-state index in [0.717, 1.165) is 49.7 Å². The summed E-state index contributed by atoms with van der Waals surface area (Å²) in [5, 5.41) is 13.6. The van der Waals surface area contributed by atoms with Crippen molar-refractivity contribution in [3.8, 4) is 6.07 Å². The van der Waals surface area contributed by atoms with Gasteiger partial charge < -0.3 is 9.88 Å². The molecule has 0 spiro atoms. The smallest absolute Gasteiger partial charge is 0.120 e. The van der Waals surface area contributed by atoms with Crippen LogP contribution in [0.4, 0.5) is 0 Å². The minimum absolute atomic E-state index is 0.548. The highest BCUT2D eigenvalue weighted by Gasteiger charge is 2.19. The van der Waals surface area contributed by atoms with Crippen LogP contribution in [0.25, 0.3) is 0 Å². The fraction of sp³-hybridized carbons (Fsp3) is 0.450. The van der Waals surface area contributed by atoms with Gasteiger partial charge in [0.2, 0.25) is 0 Å². The van der Waals surface area contributed by atoms with Gasteiger partial charge >= 0.3 is 0 Å². The zero-order chi connectivity index (χ0) is 17.8. The number of benzene rings is 1. The van der Waals surface area contributed by atoms with Gasteiger partial charge in [-0.05, 0) is 62.2 Å². The Morgan fingerprint density at radius 3 is 2.52 bits per heavy atom. The average Bonchev–Trinajstić information content (AvgIpc) is 2.91. The molecular formula is C20H25ClN4. The van der Waals surface area contributed by atoms with E-state index in [4.69, 9.17) is 16.9 Å². The van der Waals surface area contributed by atoms with E-state index in [9.17, 15) is 0 Å². The van der Waals surface area contributed by atoms with Crippen molar-refractivity contribution in [1.82, 2.24) is 14.8 Å². The molecule has 0 aliphatic carbocycles. The highest BCUT2D eigenvalue weighted by atomic mass is 35.5. The lowest BCUT2D eigenvalue weighted by atomic mass is 10.0. The zero-order valence-corrected chi connectivity index (χ0v) is 15.7. The third kappa shape index (κ3) is 4.43. The Morgan fingerprint density at radius 2 is 1.92 bits per heavy atom. The van der Waals surface area contributed by atoms with Crippen molar-refractivity contribution >= 4 is 11.6 Å². The number of aromatic nitrogens is 1. The summed E-state index contributed by atoms with van der Waals surface area (Å²) in [5.41, 5.74) is 4.44. The monoisotopic (exact) mass is 356 g/mol. The van der Waals surface area contributed by atoms with Crippen LogP contribution in [0.3, 0.4) is 0 Å². The summed E-state index contributed by atoms with van der Waals surface area (Å²) in [6.45, 7) is 6.12. The van der Waals surface area contributed by atoms with Crippen LogP contribution in [0.2, 0.25) is 5.02 Å². The molecule has 5 heteroatoms. The van der Waals surface area contributed by atoms with E-state index < -0.39 is 0 Å². The Hall–Kier alpha value is -1.80. The molecule has 1 aromatic carbocycles. The number of likely N-dealkylation sites (tertiary alicyclic amines) is 1. The molecule has 1 aliphatic rings. The topological polar surface area (TPSA) is 44.0 Å². The summed E-state index contributed by atoms with van der Waals surface area (Å²) in [5.74, 6) is 0. The van der Waals surface area contributed by atoms with Gasteiger partial charge in [0, 0.05) is 36.9 Å². The fourth-order valence-electron chi connectivity index (χ4n) is 3.45. The van der Waals surface area contributed by atoms with Crippen LogP contribution in [-0.2, 0) is 20.1 Å². The van der Waals surface area contributed by atoms with Crippen molar-refractivity contribution < 1.29 is 0 Å². The van der Waals surface area contributed by atoms with Crippen LogP contribution < -0.4 is 5.32 Å². The van der Waals surface area contributed by atoms with Crippen molar-refractivity contribution in [3.63, 3.8) is 0 Å². The van der Waals surface area contributed by atoms with Crippen molar-refractivity contribution in [2.45, 2.75) is 38.9 Å². The van der Waals surface area contributed by atoms with Gasteiger partial charge in [0.05, 0.1) is 0 Å². The molecule has 0 amide bonds. The molecular weight excluding hydrogens is 332 g/mol. The third-order valence-corrected chi connectivity index (χ3v) is 5.49. The Labute approximate surface area is 155 Å². The van der Waals surface area contributed by atoms with E-state index in [1.54, 1.807) is 0 Å². The van der Waals surface area contributed by atoms with Crippen LogP contribution in [0.5, 0.6) is 0 Å². The first kappa shape index (κ1) is 18.0. The van der Waals surface area contributed by atoms with E-state index in [0.29, 0.717) is 6.04 Å². The lowest BCUT2D eigenvalue weighted by molar-refractivity contribution is 0.190. The first-order valence-corrected chi connectivity index (χ1v) is 9.20. The summed E-state index contributed by atoms with van der Waals surface area (Å²) < 4.78 is 1.96. The average molecular weight is 357 g/mol. The van der Waals surface area contributed by atoms with Crippen LogP contribution in [-0.4, -0.2) is 28.6 Å². The predicted molar refractivity (Wildman–Crippen MR) is 101 cm³/mol.